The van der Waals surface area contributed by atoms with Crippen LogP contribution < -0.4 is 0 Å². The van der Waals surface area contributed by atoms with Gasteiger partial charge in [0.05, 0.1) is 0 Å². The highest BCUT2D eigenvalue weighted by molar-refractivity contribution is 5.23. The van der Waals surface area contributed by atoms with Crippen molar-refractivity contribution in [1.29, 1.82) is 0 Å². The number of halogens is 1. The number of nitrogens with zero attached hydrogens (tertiary/aromatic N) is 1. The third-order valence-electron chi connectivity index (χ3n) is 5.42. The molecule has 1 heterocycles. The minimum Gasteiger partial charge on any atom is -0.490 e. The van der Waals surface area contributed by atoms with Gasteiger partial charge in [0.15, 0.2) is 0 Å². The van der Waals surface area contributed by atoms with Crippen molar-refractivity contribution in [1.82, 2.24) is 4.90 Å². The maximum atomic E-state index is 13.0. The minimum absolute atomic E-state index is 0.157. The number of likely N-dealkylation sites (tertiary alicyclic amines) is 1. The van der Waals surface area contributed by atoms with E-state index in [4.69, 9.17) is 4.74 Å². The molecule has 0 bridgehead atoms. The van der Waals surface area contributed by atoms with Crippen LogP contribution in [-0.2, 0) is 24.3 Å². The van der Waals surface area contributed by atoms with E-state index in [1.54, 1.807) is 24.3 Å². The fourth-order valence-electron chi connectivity index (χ4n) is 3.70. The predicted octanol–water partition coefficient (Wildman–Crippen LogP) is 6.05. The van der Waals surface area contributed by atoms with E-state index in [1.165, 1.54) is 24.0 Å². The Labute approximate surface area is 174 Å². The van der Waals surface area contributed by atoms with Crippen LogP contribution in [0.15, 0.2) is 85.7 Å². The highest BCUT2D eigenvalue weighted by atomic mass is 19.1. The quantitative estimate of drug-likeness (QED) is 0.381. The zero-order valence-corrected chi connectivity index (χ0v) is 17.0. The number of hydrogen-bond donors (Lipinski definition) is 0. The Hall–Kier alpha value is -2.65. The van der Waals surface area contributed by atoms with Gasteiger partial charge in [-0.2, -0.15) is 0 Å². The van der Waals surface area contributed by atoms with E-state index in [2.05, 4.69) is 42.3 Å². The predicted molar refractivity (Wildman–Crippen MR) is 118 cm³/mol. The van der Waals surface area contributed by atoms with E-state index in [9.17, 15) is 4.39 Å². The lowest BCUT2D eigenvalue weighted by molar-refractivity contribution is 0.177. The van der Waals surface area contributed by atoms with Gasteiger partial charge in [-0.1, -0.05) is 61.7 Å². The highest BCUT2D eigenvalue weighted by Gasteiger charge is 2.19. The minimum atomic E-state index is -0.157. The molecule has 29 heavy (non-hydrogen) atoms. The van der Waals surface area contributed by atoms with Crippen LogP contribution >= 0.6 is 0 Å². The lowest BCUT2D eigenvalue weighted by atomic mass is 9.90. The molecule has 0 amide bonds. The van der Waals surface area contributed by atoms with Gasteiger partial charge in [-0.15, -0.1) is 0 Å². The van der Waals surface area contributed by atoms with Gasteiger partial charge in [0, 0.05) is 6.54 Å². The van der Waals surface area contributed by atoms with Gasteiger partial charge in [-0.05, 0) is 73.2 Å². The summed E-state index contributed by atoms with van der Waals surface area (Å²) in [6.45, 7) is 11.2. The van der Waals surface area contributed by atoms with Crippen molar-refractivity contribution in [3.05, 3.63) is 108 Å². The van der Waals surface area contributed by atoms with Gasteiger partial charge in [-0.3, -0.25) is 4.90 Å². The molecule has 2 aromatic rings. The summed E-state index contributed by atoms with van der Waals surface area (Å²) in [5.74, 6) is 1.17. The largest absolute Gasteiger partial charge is 0.490 e. The molecule has 1 aliphatic rings. The first-order valence-electron chi connectivity index (χ1n) is 10.3. The second-order valence-corrected chi connectivity index (χ2v) is 7.72. The molecule has 0 radical (unpaired) electrons. The lowest BCUT2D eigenvalue weighted by Gasteiger charge is -2.32. The van der Waals surface area contributed by atoms with Crippen molar-refractivity contribution in [3.63, 3.8) is 0 Å². The summed E-state index contributed by atoms with van der Waals surface area (Å²) in [5.41, 5.74) is 3.71. The first-order chi connectivity index (χ1) is 14.1. The zero-order valence-electron chi connectivity index (χ0n) is 17.0. The summed E-state index contributed by atoms with van der Waals surface area (Å²) in [6, 6.07) is 15.6. The van der Waals surface area contributed by atoms with Crippen molar-refractivity contribution in [2.24, 2.45) is 5.92 Å². The average Bonchev–Trinajstić information content (AvgIpc) is 2.75. The summed E-state index contributed by atoms with van der Waals surface area (Å²) in [5, 5.41) is 0. The number of hydrogen-bond acceptors (Lipinski definition) is 2. The number of allylic oxidation sites excluding steroid dienone is 3. The van der Waals surface area contributed by atoms with Gasteiger partial charge >= 0.3 is 0 Å². The Kier molecular flexibility index (Phi) is 7.83. The van der Waals surface area contributed by atoms with Gasteiger partial charge < -0.3 is 4.74 Å². The highest BCUT2D eigenvalue weighted by Crippen LogP contribution is 2.23. The van der Waals surface area contributed by atoms with Gasteiger partial charge in [-0.25, -0.2) is 4.39 Å². The number of rotatable bonds is 9. The van der Waals surface area contributed by atoms with Crippen LogP contribution in [-0.4, -0.2) is 18.0 Å². The van der Waals surface area contributed by atoms with Crippen molar-refractivity contribution in [2.45, 2.75) is 32.4 Å². The van der Waals surface area contributed by atoms with E-state index >= 15 is 0 Å². The molecule has 0 atom stereocenters. The van der Waals surface area contributed by atoms with Crippen LogP contribution in [0, 0.1) is 11.7 Å². The first-order valence-corrected chi connectivity index (χ1v) is 10.3. The average molecular weight is 392 g/mol. The summed E-state index contributed by atoms with van der Waals surface area (Å²) in [7, 11) is 0. The maximum absolute atomic E-state index is 13.0. The molecule has 1 saturated heterocycles. The van der Waals surface area contributed by atoms with E-state index in [1.807, 2.05) is 18.2 Å². The number of piperidine rings is 1. The molecule has 0 aliphatic carbocycles. The monoisotopic (exact) mass is 391 g/mol. The van der Waals surface area contributed by atoms with E-state index < -0.39 is 0 Å². The van der Waals surface area contributed by atoms with Crippen LogP contribution in [0.25, 0.3) is 0 Å². The number of ether oxygens (including phenoxy) is 1. The van der Waals surface area contributed by atoms with Gasteiger partial charge in [0.2, 0.25) is 0 Å². The van der Waals surface area contributed by atoms with Gasteiger partial charge in [0.1, 0.15) is 18.2 Å². The fraction of sp³-hybridized carbons (Fsp3) is 0.308. The van der Waals surface area contributed by atoms with E-state index in [-0.39, 0.29) is 5.82 Å². The third-order valence-corrected chi connectivity index (χ3v) is 5.42. The van der Waals surface area contributed by atoms with Crippen molar-refractivity contribution < 1.29 is 9.13 Å². The molecule has 0 saturated carbocycles. The van der Waals surface area contributed by atoms with E-state index in [0.717, 1.165) is 31.6 Å². The third kappa shape index (κ3) is 7.03. The molecule has 3 heteroatoms. The molecule has 1 fully saturated rings. The molecule has 1 aliphatic heterocycles. The summed E-state index contributed by atoms with van der Waals surface area (Å²) in [4.78, 5) is 2.52. The molecule has 152 valence electrons. The second-order valence-electron chi connectivity index (χ2n) is 7.72. The molecule has 0 N–H and O–H groups in total. The Morgan fingerprint density at radius 2 is 1.62 bits per heavy atom. The van der Waals surface area contributed by atoms with Crippen LogP contribution in [0.5, 0.6) is 0 Å². The molecule has 2 nitrogen and oxygen atoms in total. The van der Waals surface area contributed by atoms with Crippen LogP contribution in [0.4, 0.5) is 4.39 Å². The molecule has 0 spiro atoms. The molecular weight excluding hydrogens is 361 g/mol. The zero-order chi connectivity index (χ0) is 20.5. The fourth-order valence-corrected chi connectivity index (χ4v) is 3.70. The Bertz CT molecular complexity index is 815. The second kappa shape index (κ2) is 10.8. The van der Waals surface area contributed by atoms with E-state index in [0.29, 0.717) is 18.3 Å². The molecule has 0 aromatic heterocycles. The van der Waals surface area contributed by atoms with Crippen molar-refractivity contribution in [2.75, 3.05) is 13.1 Å². The van der Waals surface area contributed by atoms with Crippen molar-refractivity contribution >= 4 is 0 Å². The normalized spacial score (nSPS) is 15.5. The summed E-state index contributed by atoms with van der Waals surface area (Å²) >= 11 is 0. The summed E-state index contributed by atoms with van der Waals surface area (Å²) in [6.07, 6.45) is 8.77. The lowest BCUT2D eigenvalue weighted by Crippen LogP contribution is -2.33. The van der Waals surface area contributed by atoms with Crippen LogP contribution in [0.2, 0.25) is 0 Å². The maximum Gasteiger partial charge on any atom is 0.123 e. The summed E-state index contributed by atoms with van der Waals surface area (Å²) < 4.78 is 18.7. The number of benzene rings is 2. The molecule has 2 aromatic carbocycles. The molecule has 3 rings (SSSR count). The molecule has 0 unspecified atom stereocenters. The topological polar surface area (TPSA) is 12.5 Å². The van der Waals surface area contributed by atoms with Crippen LogP contribution in [0.3, 0.4) is 0 Å². The smallest absolute Gasteiger partial charge is 0.123 e. The Morgan fingerprint density at radius 3 is 2.28 bits per heavy atom. The SMILES string of the molecule is C=CC=CC(=C)OCc1ccc(CN2CCC(Cc3ccc(F)cc3)CC2)cc1. The first kappa shape index (κ1) is 21.1. The van der Waals surface area contributed by atoms with Gasteiger partial charge in [0.25, 0.3) is 0 Å². The Morgan fingerprint density at radius 1 is 1.00 bits per heavy atom. The van der Waals surface area contributed by atoms with Crippen molar-refractivity contribution in [3.8, 4) is 0 Å². The Balaban J connectivity index is 1.40. The standard InChI is InChI=1S/C26H30FNO/c1-3-4-5-21(2)29-20-25-8-6-24(7-9-25)19-28-16-14-23(15-17-28)18-22-10-12-26(27)13-11-22/h3-13,23H,1-2,14-20H2. The van der Waals surface area contributed by atoms with Crippen LogP contribution in [0.1, 0.15) is 29.5 Å². The molecular formula is C26H30FNO.